The number of ether oxygens (including phenoxy) is 2. The molecule has 0 saturated carbocycles. The Hall–Kier alpha value is -3.04. The molecule has 1 saturated heterocycles. The smallest absolute Gasteiger partial charge is 0.285 e. The van der Waals surface area contributed by atoms with Crippen molar-refractivity contribution in [3.8, 4) is 11.5 Å². The van der Waals surface area contributed by atoms with Gasteiger partial charge in [0, 0.05) is 10.6 Å². The summed E-state index contributed by atoms with van der Waals surface area (Å²) < 4.78 is 11.9. The van der Waals surface area contributed by atoms with Crippen LogP contribution in [0.2, 0.25) is 10.0 Å². The average Bonchev–Trinajstić information content (AvgIpc) is 3.12. The highest BCUT2D eigenvalue weighted by molar-refractivity contribution is 8.26. The quantitative estimate of drug-likeness (QED) is 0.251. The normalized spacial score (nSPS) is 14.3. The summed E-state index contributed by atoms with van der Waals surface area (Å²) in [6.45, 7) is 2.52. The zero-order valence-electron chi connectivity index (χ0n) is 19.0. The highest BCUT2D eigenvalue weighted by Crippen LogP contribution is 2.39. The first kappa shape index (κ1) is 26.0. The minimum Gasteiger partial charge on any atom is -0.490 e. The predicted molar refractivity (Wildman–Crippen MR) is 147 cm³/mol. The number of thiocarbonyl (C=S) groups is 1. The van der Waals surface area contributed by atoms with Gasteiger partial charge in [-0.3, -0.25) is 15.0 Å². The molecule has 2 amide bonds. The van der Waals surface area contributed by atoms with Crippen molar-refractivity contribution in [2.45, 2.75) is 13.5 Å². The Morgan fingerprint density at radius 2 is 1.81 bits per heavy atom. The number of benzene rings is 3. The molecule has 0 radical (unpaired) electrons. The second-order valence-electron chi connectivity index (χ2n) is 7.50. The number of thioether (sulfide) groups is 1. The average molecular weight is 559 g/mol. The molecule has 1 N–H and O–H groups in total. The molecular weight excluding hydrogens is 539 g/mol. The summed E-state index contributed by atoms with van der Waals surface area (Å²) in [6.07, 6.45) is 1.64. The lowest BCUT2D eigenvalue weighted by molar-refractivity contribution is -0.123. The first-order chi connectivity index (χ1) is 17.4. The summed E-state index contributed by atoms with van der Waals surface area (Å²) in [6, 6.07) is 19.3. The fourth-order valence-corrected chi connectivity index (χ4v) is 4.86. The largest absolute Gasteiger partial charge is 0.490 e. The van der Waals surface area contributed by atoms with Crippen LogP contribution >= 0.6 is 47.2 Å². The molecule has 0 atom stereocenters. The number of nitrogens with zero attached hydrogens (tertiary/aromatic N) is 1. The van der Waals surface area contributed by atoms with Crippen LogP contribution < -0.4 is 14.9 Å². The Balaban J connectivity index is 1.53. The van der Waals surface area contributed by atoms with Crippen LogP contribution in [0.4, 0.5) is 0 Å². The van der Waals surface area contributed by atoms with E-state index in [1.165, 1.54) is 0 Å². The van der Waals surface area contributed by atoms with Crippen LogP contribution in [0.25, 0.3) is 6.08 Å². The standard InChI is InChI=1S/C26H20Cl2N2O4S2/c1-2-33-21-13-17(12-20(28)23(21)34-15-16-8-10-19(27)11-9-16)14-22-25(32)30(26(35)36-22)29-24(31)18-6-4-3-5-7-18/h3-14H,2,15H2,1H3,(H,29,31)/b22-14+. The highest BCUT2D eigenvalue weighted by Gasteiger charge is 2.34. The number of amides is 2. The van der Waals surface area contributed by atoms with Crippen LogP contribution in [0.5, 0.6) is 11.5 Å². The molecule has 3 aromatic rings. The highest BCUT2D eigenvalue weighted by atomic mass is 35.5. The number of rotatable bonds is 8. The molecule has 1 heterocycles. The van der Waals surface area contributed by atoms with Gasteiger partial charge in [-0.25, -0.2) is 0 Å². The van der Waals surface area contributed by atoms with Crippen LogP contribution in [0.15, 0.2) is 71.6 Å². The Kier molecular flexibility index (Phi) is 8.53. The second-order valence-corrected chi connectivity index (χ2v) is 10.0. The molecule has 0 bridgehead atoms. The van der Waals surface area contributed by atoms with Gasteiger partial charge in [-0.15, -0.1) is 0 Å². The maximum atomic E-state index is 13.0. The molecule has 36 heavy (non-hydrogen) atoms. The van der Waals surface area contributed by atoms with Gasteiger partial charge in [0.25, 0.3) is 11.8 Å². The molecule has 0 aliphatic carbocycles. The van der Waals surface area contributed by atoms with Crippen molar-refractivity contribution in [2.75, 3.05) is 6.61 Å². The molecule has 184 valence electrons. The van der Waals surface area contributed by atoms with Crippen LogP contribution in [0.3, 0.4) is 0 Å². The third-order valence-corrected chi connectivity index (χ3v) is 6.80. The molecule has 1 aliphatic heterocycles. The zero-order valence-corrected chi connectivity index (χ0v) is 22.1. The van der Waals surface area contributed by atoms with Gasteiger partial charge in [0.1, 0.15) is 6.61 Å². The molecule has 3 aromatic carbocycles. The molecule has 1 aliphatic rings. The second kappa shape index (κ2) is 11.8. The maximum absolute atomic E-state index is 13.0. The molecular formula is C26H20Cl2N2O4S2. The van der Waals surface area contributed by atoms with E-state index < -0.39 is 11.8 Å². The topological polar surface area (TPSA) is 67.9 Å². The van der Waals surface area contributed by atoms with E-state index in [0.717, 1.165) is 22.3 Å². The molecule has 0 aromatic heterocycles. The van der Waals surface area contributed by atoms with Crippen molar-refractivity contribution in [1.29, 1.82) is 0 Å². The summed E-state index contributed by atoms with van der Waals surface area (Å²) in [4.78, 5) is 25.8. The molecule has 0 unspecified atom stereocenters. The van der Waals surface area contributed by atoms with E-state index in [0.29, 0.717) is 44.2 Å². The molecule has 10 heteroatoms. The monoisotopic (exact) mass is 558 g/mol. The predicted octanol–water partition coefficient (Wildman–Crippen LogP) is 6.52. The van der Waals surface area contributed by atoms with Crippen molar-refractivity contribution in [3.63, 3.8) is 0 Å². The van der Waals surface area contributed by atoms with Crippen molar-refractivity contribution in [1.82, 2.24) is 10.4 Å². The number of halogens is 2. The summed E-state index contributed by atoms with van der Waals surface area (Å²) in [5.74, 6) is -0.0326. The zero-order chi connectivity index (χ0) is 25.7. The van der Waals surface area contributed by atoms with Gasteiger partial charge in [0.05, 0.1) is 16.5 Å². The van der Waals surface area contributed by atoms with E-state index in [9.17, 15) is 9.59 Å². The van der Waals surface area contributed by atoms with E-state index in [-0.39, 0.29) is 10.9 Å². The van der Waals surface area contributed by atoms with Gasteiger partial charge in [-0.1, -0.05) is 65.3 Å². The van der Waals surface area contributed by atoms with E-state index in [4.69, 9.17) is 44.9 Å². The molecule has 4 rings (SSSR count). The van der Waals surface area contributed by atoms with Crippen molar-refractivity contribution >= 4 is 69.4 Å². The van der Waals surface area contributed by atoms with Gasteiger partial charge in [0.2, 0.25) is 0 Å². The molecule has 6 nitrogen and oxygen atoms in total. The van der Waals surface area contributed by atoms with Gasteiger partial charge < -0.3 is 9.47 Å². The van der Waals surface area contributed by atoms with Crippen LogP contribution in [0, 0.1) is 0 Å². The fraction of sp³-hybridized carbons (Fsp3) is 0.115. The lowest BCUT2D eigenvalue weighted by atomic mass is 10.1. The number of hydrogen-bond acceptors (Lipinski definition) is 6. The molecule has 0 spiro atoms. The van der Waals surface area contributed by atoms with E-state index in [2.05, 4.69) is 5.43 Å². The summed E-state index contributed by atoms with van der Waals surface area (Å²) in [5, 5.41) is 2.03. The number of carbonyl (C=O) groups is 2. The third kappa shape index (κ3) is 6.20. The Morgan fingerprint density at radius 3 is 2.50 bits per heavy atom. The van der Waals surface area contributed by atoms with Crippen molar-refractivity contribution < 1.29 is 19.1 Å². The van der Waals surface area contributed by atoms with Crippen LogP contribution in [-0.4, -0.2) is 27.8 Å². The Morgan fingerprint density at radius 1 is 1.08 bits per heavy atom. The number of carbonyl (C=O) groups excluding carboxylic acids is 2. The van der Waals surface area contributed by atoms with Gasteiger partial charge >= 0.3 is 0 Å². The lowest BCUT2D eigenvalue weighted by Gasteiger charge is -2.15. The SMILES string of the molecule is CCOc1cc(/C=C2/SC(=S)N(NC(=O)c3ccccc3)C2=O)cc(Cl)c1OCc1ccc(Cl)cc1. The first-order valence-corrected chi connectivity index (χ1v) is 12.8. The molecule has 1 fully saturated rings. The minimum atomic E-state index is -0.438. The van der Waals surface area contributed by atoms with Gasteiger partial charge in [-0.05, 0) is 72.7 Å². The number of hydrazine groups is 1. The fourth-order valence-electron chi connectivity index (χ4n) is 3.28. The Bertz CT molecular complexity index is 1330. The number of hydrogen-bond donors (Lipinski definition) is 1. The summed E-state index contributed by atoms with van der Waals surface area (Å²) >= 11 is 18.9. The third-order valence-electron chi connectivity index (χ3n) is 4.97. The van der Waals surface area contributed by atoms with Gasteiger partial charge in [0.15, 0.2) is 15.8 Å². The number of nitrogens with one attached hydrogen (secondary N) is 1. The van der Waals surface area contributed by atoms with E-state index in [1.807, 2.05) is 19.1 Å². The Labute approximate surface area is 228 Å². The maximum Gasteiger partial charge on any atom is 0.285 e. The van der Waals surface area contributed by atoms with E-state index in [1.54, 1.807) is 60.7 Å². The minimum absolute atomic E-state index is 0.217. The van der Waals surface area contributed by atoms with Crippen LogP contribution in [-0.2, 0) is 11.4 Å². The summed E-state index contributed by atoms with van der Waals surface area (Å²) in [7, 11) is 0. The van der Waals surface area contributed by atoms with Crippen LogP contribution in [0.1, 0.15) is 28.4 Å². The van der Waals surface area contributed by atoms with E-state index >= 15 is 0 Å². The van der Waals surface area contributed by atoms with Gasteiger partial charge in [-0.2, -0.15) is 5.01 Å². The summed E-state index contributed by atoms with van der Waals surface area (Å²) in [5.41, 5.74) is 4.52. The first-order valence-electron chi connectivity index (χ1n) is 10.8. The van der Waals surface area contributed by atoms with Crippen molar-refractivity contribution in [2.24, 2.45) is 0 Å². The lowest BCUT2D eigenvalue weighted by Crippen LogP contribution is -2.44. The van der Waals surface area contributed by atoms with Crippen molar-refractivity contribution in [3.05, 3.63) is 98.4 Å².